The van der Waals surface area contributed by atoms with Gasteiger partial charge in [-0.05, 0) is 12.5 Å². The predicted octanol–water partition coefficient (Wildman–Crippen LogP) is 1.40. The number of benzene rings is 1. The van der Waals surface area contributed by atoms with E-state index in [4.69, 9.17) is 10.00 Å². The van der Waals surface area contributed by atoms with Crippen LogP contribution in [0.15, 0.2) is 24.3 Å². The Morgan fingerprint density at radius 3 is 3.06 bits per heavy atom. The zero-order valence-corrected chi connectivity index (χ0v) is 10.4. The average Bonchev–Trinajstić information content (AvgIpc) is 2.39. The quantitative estimate of drug-likeness (QED) is 0.754. The van der Waals surface area contributed by atoms with Gasteiger partial charge in [0.1, 0.15) is 0 Å². The molecule has 1 fully saturated rings. The van der Waals surface area contributed by atoms with Crippen molar-refractivity contribution >= 4 is 5.78 Å². The lowest BCUT2D eigenvalue weighted by Crippen LogP contribution is -2.44. The summed E-state index contributed by atoms with van der Waals surface area (Å²) in [7, 11) is 0. The van der Waals surface area contributed by atoms with Gasteiger partial charge in [0.15, 0.2) is 11.9 Å². The molecule has 1 aliphatic heterocycles. The third kappa shape index (κ3) is 2.95. The van der Waals surface area contributed by atoms with Crippen LogP contribution in [-0.4, -0.2) is 43.0 Å². The largest absolute Gasteiger partial charge is 0.361 e. The minimum atomic E-state index is -0.413. The fourth-order valence-electron chi connectivity index (χ4n) is 2.10. The van der Waals surface area contributed by atoms with E-state index in [0.717, 1.165) is 11.1 Å². The van der Waals surface area contributed by atoms with Crippen molar-refractivity contribution in [1.82, 2.24) is 4.90 Å². The topological polar surface area (TPSA) is 53.3 Å². The zero-order valence-electron chi connectivity index (χ0n) is 10.4. The molecule has 1 atom stereocenters. The SMILES string of the molecule is Cc1ccccc1C(=O)CN1CCOC(C#N)C1. The zero-order chi connectivity index (χ0) is 13.0. The highest BCUT2D eigenvalue weighted by atomic mass is 16.5. The maximum atomic E-state index is 12.2. The molecule has 0 radical (unpaired) electrons. The van der Waals surface area contributed by atoms with Crippen molar-refractivity contribution in [3.8, 4) is 6.07 Å². The van der Waals surface area contributed by atoms with E-state index >= 15 is 0 Å². The number of rotatable bonds is 3. The predicted molar refractivity (Wildman–Crippen MR) is 67.3 cm³/mol. The summed E-state index contributed by atoms with van der Waals surface area (Å²) in [5, 5.41) is 8.82. The molecule has 0 aromatic heterocycles. The van der Waals surface area contributed by atoms with Crippen molar-refractivity contribution < 1.29 is 9.53 Å². The number of hydrogen-bond donors (Lipinski definition) is 0. The number of ether oxygens (including phenoxy) is 1. The summed E-state index contributed by atoms with van der Waals surface area (Å²) in [6, 6.07) is 9.66. The molecule has 1 heterocycles. The van der Waals surface area contributed by atoms with Gasteiger partial charge in [0, 0.05) is 18.7 Å². The van der Waals surface area contributed by atoms with Crippen LogP contribution >= 0.6 is 0 Å². The highest BCUT2D eigenvalue weighted by Crippen LogP contribution is 2.10. The van der Waals surface area contributed by atoms with E-state index in [2.05, 4.69) is 6.07 Å². The summed E-state index contributed by atoms with van der Waals surface area (Å²) in [6.07, 6.45) is -0.413. The van der Waals surface area contributed by atoms with Gasteiger partial charge >= 0.3 is 0 Å². The first kappa shape index (κ1) is 12.7. The van der Waals surface area contributed by atoms with Crippen molar-refractivity contribution in [3.63, 3.8) is 0 Å². The Labute approximate surface area is 107 Å². The van der Waals surface area contributed by atoms with Crippen molar-refractivity contribution in [2.24, 2.45) is 0 Å². The van der Waals surface area contributed by atoms with Crippen molar-refractivity contribution in [2.45, 2.75) is 13.0 Å². The first-order chi connectivity index (χ1) is 8.70. The molecular weight excluding hydrogens is 228 g/mol. The molecule has 1 aliphatic rings. The molecule has 1 aromatic carbocycles. The van der Waals surface area contributed by atoms with Gasteiger partial charge in [-0.3, -0.25) is 9.69 Å². The minimum Gasteiger partial charge on any atom is -0.361 e. The Balaban J connectivity index is 2.00. The number of carbonyl (C=O) groups excluding carboxylic acids is 1. The summed E-state index contributed by atoms with van der Waals surface area (Å²) in [4.78, 5) is 14.1. The first-order valence-electron chi connectivity index (χ1n) is 6.03. The van der Waals surface area contributed by atoms with Crippen LogP contribution in [0.25, 0.3) is 0 Å². The maximum Gasteiger partial charge on any atom is 0.177 e. The number of hydrogen-bond acceptors (Lipinski definition) is 4. The Hall–Kier alpha value is -1.70. The lowest BCUT2D eigenvalue weighted by Gasteiger charge is -2.29. The molecule has 0 amide bonds. The van der Waals surface area contributed by atoms with Gasteiger partial charge < -0.3 is 4.74 Å². The van der Waals surface area contributed by atoms with Gasteiger partial charge in [-0.25, -0.2) is 0 Å². The molecule has 0 spiro atoms. The van der Waals surface area contributed by atoms with E-state index in [0.29, 0.717) is 26.2 Å². The number of nitrogens with zero attached hydrogens (tertiary/aromatic N) is 2. The fourth-order valence-corrected chi connectivity index (χ4v) is 2.10. The Morgan fingerprint density at radius 2 is 2.33 bits per heavy atom. The minimum absolute atomic E-state index is 0.103. The number of morpholine rings is 1. The van der Waals surface area contributed by atoms with Crippen LogP contribution in [0.3, 0.4) is 0 Å². The van der Waals surface area contributed by atoms with Gasteiger partial charge in [-0.1, -0.05) is 24.3 Å². The van der Waals surface area contributed by atoms with Crippen LogP contribution in [0.5, 0.6) is 0 Å². The van der Waals surface area contributed by atoms with Crippen LogP contribution in [0, 0.1) is 18.3 Å². The maximum absolute atomic E-state index is 12.2. The standard InChI is InChI=1S/C14H16N2O2/c1-11-4-2-3-5-13(11)14(17)10-16-6-7-18-12(8-15)9-16/h2-5,12H,6-7,9-10H2,1H3. The second-order valence-electron chi connectivity index (χ2n) is 4.46. The van der Waals surface area contributed by atoms with Crippen LogP contribution in [0.1, 0.15) is 15.9 Å². The third-order valence-corrected chi connectivity index (χ3v) is 3.11. The van der Waals surface area contributed by atoms with E-state index in [1.54, 1.807) is 0 Å². The lowest BCUT2D eigenvalue weighted by atomic mass is 10.0. The molecule has 4 heteroatoms. The van der Waals surface area contributed by atoms with Gasteiger partial charge in [0.05, 0.1) is 19.2 Å². The van der Waals surface area contributed by atoms with E-state index in [1.807, 2.05) is 36.1 Å². The number of Topliss-reactive ketones (excluding diaryl/α,β-unsaturated/α-hetero) is 1. The molecular formula is C14H16N2O2. The number of aryl methyl sites for hydroxylation is 1. The van der Waals surface area contributed by atoms with Crippen LogP contribution in [-0.2, 0) is 4.74 Å². The molecule has 2 rings (SSSR count). The third-order valence-electron chi connectivity index (χ3n) is 3.11. The lowest BCUT2D eigenvalue weighted by molar-refractivity contribution is 0.00240. The highest BCUT2D eigenvalue weighted by Gasteiger charge is 2.22. The Kier molecular flexibility index (Phi) is 4.08. The summed E-state index contributed by atoms with van der Waals surface area (Å²) in [5.74, 6) is 0.103. The van der Waals surface area contributed by atoms with Gasteiger partial charge in [-0.15, -0.1) is 0 Å². The molecule has 94 valence electrons. The van der Waals surface area contributed by atoms with Crippen LogP contribution in [0.2, 0.25) is 0 Å². The van der Waals surface area contributed by atoms with Gasteiger partial charge in [0.25, 0.3) is 0 Å². The van der Waals surface area contributed by atoms with Crippen molar-refractivity contribution in [1.29, 1.82) is 5.26 Å². The molecule has 1 unspecified atom stereocenters. The average molecular weight is 244 g/mol. The second-order valence-corrected chi connectivity index (χ2v) is 4.46. The monoisotopic (exact) mass is 244 g/mol. The molecule has 0 saturated carbocycles. The van der Waals surface area contributed by atoms with E-state index in [9.17, 15) is 4.79 Å². The van der Waals surface area contributed by atoms with Crippen LogP contribution < -0.4 is 0 Å². The fraction of sp³-hybridized carbons (Fsp3) is 0.429. The molecule has 4 nitrogen and oxygen atoms in total. The summed E-state index contributed by atoms with van der Waals surface area (Å²) in [6.45, 7) is 4.01. The molecule has 0 aliphatic carbocycles. The molecule has 0 bridgehead atoms. The summed E-state index contributed by atoms with van der Waals surface area (Å²) >= 11 is 0. The van der Waals surface area contributed by atoms with Gasteiger partial charge in [-0.2, -0.15) is 5.26 Å². The van der Waals surface area contributed by atoms with E-state index in [1.165, 1.54) is 0 Å². The second kappa shape index (κ2) is 5.76. The highest BCUT2D eigenvalue weighted by molar-refractivity contribution is 5.98. The number of nitriles is 1. The molecule has 0 N–H and O–H groups in total. The Bertz CT molecular complexity index is 479. The van der Waals surface area contributed by atoms with Crippen molar-refractivity contribution in [3.05, 3.63) is 35.4 Å². The summed E-state index contributed by atoms with van der Waals surface area (Å²) in [5.41, 5.74) is 1.75. The Morgan fingerprint density at radius 1 is 1.56 bits per heavy atom. The molecule has 1 saturated heterocycles. The number of ketones is 1. The van der Waals surface area contributed by atoms with E-state index in [-0.39, 0.29) is 5.78 Å². The smallest absolute Gasteiger partial charge is 0.177 e. The number of carbonyl (C=O) groups is 1. The first-order valence-corrected chi connectivity index (χ1v) is 6.03. The molecule has 1 aromatic rings. The normalized spacial score (nSPS) is 20.3. The molecule has 18 heavy (non-hydrogen) atoms. The van der Waals surface area contributed by atoms with Gasteiger partial charge in [0.2, 0.25) is 0 Å². The van der Waals surface area contributed by atoms with Crippen LogP contribution in [0.4, 0.5) is 0 Å². The van der Waals surface area contributed by atoms with E-state index < -0.39 is 6.10 Å². The van der Waals surface area contributed by atoms with Crippen molar-refractivity contribution in [2.75, 3.05) is 26.2 Å². The summed E-state index contributed by atoms with van der Waals surface area (Å²) < 4.78 is 5.25.